The van der Waals surface area contributed by atoms with Gasteiger partial charge in [0.2, 0.25) is 0 Å². The van der Waals surface area contributed by atoms with Crippen LogP contribution in [0.4, 0.5) is 0 Å². The summed E-state index contributed by atoms with van der Waals surface area (Å²) in [6.07, 6.45) is 2.70. The molecule has 1 heterocycles. The summed E-state index contributed by atoms with van der Waals surface area (Å²) < 4.78 is 5.77. The Kier molecular flexibility index (Phi) is 6.14. The maximum atomic E-state index is 10.5. The quantitative estimate of drug-likeness (QED) is 0.819. The maximum absolute atomic E-state index is 10.5. The third-order valence-electron chi connectivity index (χ3n) is 3.43. The Morgan fingerprint density at radius 1 is 1.57 bits per heavy atom. The number of ether oxygens (including phenoxy) is 1. The first-order valence-corrected chi connectivity index (χ1v) is 8.26. The number of nitrogens with zero attached hydrogens (tertiary/aromatic N) is 1. The third-order valence-corrected chi connectivity index (χ3v) is 4.62. The van der Waals surface area contributed by atoms with Crippen LogP contribution in [-0.4, -0.2) is 53.2 Å². The van der Waals surface area contributed by atoms with Crippen LogP contribution in [0.1, 0.15) is 12.5 Å². The average Bonchev–Trinajstić information content (AvgIpc) is 2.48. The number of rotatable bonds is 6. The fourth-order valence-corrected chi connectivity index (χ4v) is 3.33. The van der Waals surface area contributed by atoms with Crippen LogP contribution in [0.5, 0.6) is 5.75 Å². The van der Waals surface area contributed by atoms with Crippen molar-refractivity contribution >= 4 is 23.8 Å². The summed E-state index contributed by atoms with van der Waals surface area (Å²) in [5, 5.41) is 8.63. The van der Waals surface area contributed by atoms with E-state index in [0.717, 1.165) is 30.5 Å². The topological polar surface area (TPSA) is 49.8 Å². The summed E-state index contributed by atoms with van der Waals surface area (Å²) in [6, 6.07) is 8.09. The number of hydrogen-bond donors (Lipinski definition) is 1. The maximum Gasteiger partial charge on any atom is 0.328 e. The first-order valence-electron chi connectivity index (χ1n) is 7.11. The summed E-state index contributed by atoms with van der Waals surface area (Å²) >= 11 is 2.01. The predicted molar refractivity (Wildman–Crippen MR) is 87.0 cm³/mol. The predicted octanol–water partition coefficient (Wildman–Crippen LogP) is 2.60. The second-order valence-electron chi connectivity index (χ2n) is 5.05. The summed E-state index contributed by atoms with van der Waals surface area (Å²) in [5.41, 5.74) is 0.831. The third kappa shape index (κ3) is 5.44. The van der Waals surface area contributed by atoms with Crippen LogP contribution in [0.25, 0.3) is 6.08 Å². The van der Waals surface area contributed by atoms with Crippen LogP contribution in [0.15, 0.2) is 30.3 Å². The van der Waals surface area contributed by atoms with Gasteiger partial charge in [0.15, 0.2) is 0 Å². The molecule has 1 fully saturated rings. The van der Waals surface area contributed by atoms with E-state index in [4.69, 9.17) is 9.84 Å². The highest BCUT2D eigenvalue weighted by Gasteiger charge is 2.17. The van der Waals surface area contributed by atoms with Crippen molar-refractivity contribution in [2.45, 2.75) is 13.0 Å². The van der Waals surface area contributed by atoms with Crippen LogP contribution in [0, 0.1) is 0 Å². The molecule has 4 nitrogen and oxygen atoms in total. The number of aliphatic carboxylic acids is 1. The molecule has 0 saturated carbocycles. The van der Waals surface area contributed by atoms with E-state index in [1.54, 1.807) is 6.08 Å². The summed E-state index contributed by atoms with van der Waals surface area (Å²) in [7, 11) is 0. The van der Waals surface area contributed by atoms with E-state index in [1.807, 2.05) is 36.0 Å². The smallest absolute Gasteiger partial charge is 0.328 e. The van der Waals surface area contributed by atoms with Gasteiger partial charge in [0, 0.05) is 36.7 Å². The van der Waals surface area contributed by atoms with Crippen molar-refractivity contribution in [2.24, 2.45) is 0 Å². The molecule has 1 aliphatic heterocycles. The number of carbonyl (C=O) groups is 1. The fourth-order valence-electron chi connectivity index (χ4n) is 2.25. The van der Waals surface area contributed by atoms with Gasteiger partial charge in [-0.05, 0) is 30.7 Å². The van der Waals surface area contributed by atoms with E-state index < -0.39 is 5.97 Å². The van der Waals surface area contributed by atoms with Gasteiger partial charge < -0.3 is 9.84 Å². The van der Waals surface area contributed by atoms with Crippen LogP contribution in [0.3, 0.4) is 0 Å². The van der Waals surface area contributed by atoms with E-state index in [-0.39, 0.29) is 0 Å². The number of hydrogen-bond acceptors (Lipinski definition) is 4. The second kappa shape index (κ2) is 8.10. The van der Waals surface area contributed by atoms with E-state index in [1.165, 1.54) is 11.5 Å². The molecule has 0 aromatic heterocycles. The lowest BCUT2D eigenvalue weighted by Gasteiger charge is -2.32. The monoisotopic (exact) mass is 307 g/mol. The second-order valence-corrected chi connectivity index (χ2v) is 6.20. The fraction of sp³-hybridized carbons (Fsp3) is 0.438. The zero-order valence-corrected chi connectivity index (χ0v) is 13.0. The van der Waals surface area contributed by atoms with Gasteiger partial charge in [-0.15, -0.1) is 0 Å². The zero-order chi connectivity index (χ0) is 15.1. The van der Waals surface area contributed by atoms with E-state index in [2.05, 4.69) is 11.8 Å². The van der Waals surface area contributed by atoms with Crippen molar-refractivity contribution in [3.05, 3.63) is 35.9 Å². The molecule has 21 heavy (non-hydrogen) atoms. The first kappa shape index (κ1) is 15.9. The van der Waals surface area contributed by atoms with E-state index in [9.17, 15) is 4.79 Å². The molecular formula is C16H21NO3S. The van der Waals surface area contributed by atoms with E-state index in [0.29, 0.717) is 12.6 Å². The molecular weight excluding hydrogens is 286 g/mol. The van der Waals surface area contributed by atoms with Gasteiger partial charge in [0.1, 0.15) is 12.4 Å². The molecule has 5 heteroatoms. The molecule has 0 bridgehead atoms. The molecule has 1 aromatic rings. The van der Waals surface area contributed by atoms with Crippen LogP contribution in [0.2, 0.25) is 0 Å². The minimum Gasteiger partial charge on any atom is -0.492 e. The first-order chi connectivity index (χ1) is 10.1. The number of benzene rings is 1. The van der Waals surface area contributed by atoms with Crippen molar-refractivity contribution in [2.75, 3.05) is 31.2 Å². The number of carboxylic acid groups (broad SMARTS) is 1. The van der Waals surface area contributed by atoms with Crippen molar-refractivity contribution in [3.8, 4) is 5.75 Å². The molecule has 0 aliphatic carbocycles. The molecule has 0 radical (unpaired) electrons. The van der Waals surface area contributed by atoms with Crippen molar-refractivity contribution < 1.29 is 14.6 Å². The molecule has 1 N–H and O–H groups in total. The standard InChI is InChI=1S/C16H21NO3S/c1-13-12-21-10-8-17(13)7-9-20-15-4-2-3-14(11-15)5-6-16(18)19/h2-6,11,13H,7-10,12H2,1H3,(H,18,19). The van der Waals surface area contributed by atoms with Gasteiger partial charge in [-0.2, -0.15) is 11.8 Å². The van der Waals surface area contributed by atoms with Crippen molar-refractivity contribution in [1.29, 1.82) is 0 Å². The highest BCUT2D eigenvalue weighted by atomic mass is 32.2. The minimum absolute atomic E-state index is 0.609. The Morgan fingerprint density at radius 2 is 2.43 bits per heavy atom. The van der Waals surface area contributed by atoms with E-state index >= 15 is 0 Å². The van der Waals surface area contributed by atoms with Crippen LogP contribution >= 0.6 is 11.8 Å². The summed E-state index contributed by atoms with van der Waals surface area (Å²) in [5.74, 6) is 2.22. The highest BCUT2D eigenvalue weighted by Crippen LogP contribution is 2.17. The largest absolute Gasteiger partial charge is 0.492 e. The van der Waals surface area contributed by atoms with Crippen LogP contribution in [-0.2, 0) is 4.79 Å². The normalized spacial score (nSPS) is 19.8. The minimum atomic E-state index is -0.946. The Bertz CT molecular complexity index is 504. The Hall–Kier alpha value is -1.46. The van der Waals surface area contributed by atoms with Gasteiger partial charge in [-0.3, -0.25) is 4.90 Å². The van der Waals surface area contributed by atoms with Crippen molar-refractivity contribution in [3.63, 3.8) is 0 Å². The molecule has 1 saturated heterocycles. The molecule has 0 spiro atoms. The van der Waals surface area contributed by atoms with Crippen LogP contribution < -0.4 is 4.74 Å². The van der Waals surface area contributed by atoms with Gasteiger partial charge in [0.05, 0.1) is 0 Å². The van der Waals surface area contributed by atoms with Crippen molar-refractivity contribution in [1.82, 2.24) is 4.90 Å². The Labute approximate surface area is 129 Å². The lowest BCUT2D eigenvalue weighted by molar-refractivity contribution is -0.131. The lowest BCUT2D eigenvalue weighted by atomic mass is 10.2. The molecule has 114 valence electrons. The van der Waals surface area contributed by atoms with Gasteiger partial charge >= 0.3 is 5.97 Å². The molecule has 1 aliphatic rings. The number of thioether (sulfide) groups is 1. The molecule has 2 rings (SSSR count). The van der Waals surface area contributed by atoms with Gasteiger partial charge in [-0.1, -0.05) is 12.1 Å². The molecule has 1 atom stereocenters. The lowest BCUT2D eigenvalue weighted by Crippen LogP contribution is -2.42. The highest BCUT2D eigenvalue weighted by molar-refractivity contribution is 7.99. The SMILES string of the molecule is CC1CSCCN1CCOc1cccc(C=CC(=O)O)c1. The van der Waals surface area contributed by atoms with Gasteiger partial charge in [-0.25, -0.2) is 4.79 Å². The average molecular weight is 307 g/mol. The zero-order valence-electron chi connectivity index (χ0n) is 12.2. The Balaban J connectivity index is 1.82. The Morgan fingerprint density at radius 3 is 3.19 bits per heavy atom. The molecule has 0 amide bonds. The number of carboxylic acids is 1. The summed E-state index contributed by atoms with van der Waals surface area (Å²) in [4.78, 5) is 13.0. The molecule has 1 aromatic carbocycles. The molecule has 1 unspecified atom stereocenters. The summed E-state index contributed by atoms with van der Waals surface area (Å²) in [6.45, 7) is 4.96. The van der Waals surface area contributed by atoms with Gasteiger partial charge in [0.25, 0.3) is 0 Å².